The van der Waals surface area contributed by atoms with E-state index >= 15 is 0 Å². The number of rotatable bonds is 2. The van der Waals surface area contributed by atoms with Crippen molar-refractivity contribution < 1.29 is 0 Å². The van der Waals surface area contributed by atoms with E-state index in [0.717, 1.165) is 0 Å². The summed E-state index contributed by atoms with van der Waals surface area (Å²) in [5.41, 5.74) is 2.31. The van der Waals surface area contributed by atoms with E-state index in [9.17, 15) is 0 Å². The van der Waals surface area contributed by atoms with Gasteiger partial charge < -0.3 is 5.32 Å². The van der Waals surface area contributed by atoms with Crippen LogP contribution in [0.15, 0.2) is 42.5 Å². The molecule has 2 aromatic rings. The van der Waals surface area contributed by atoms with E-state index in [-0.39, 0.29) is 0 Å². The Hall–Kier alpha value is -2.49. The number of benzene rings is 2. The standard InChI is InChI=1S/C14H8ClN3/c15-12-6-5-10(8-16)7-14(12)18-13-4-2-1-3-11(13)9-17/h1-7,18H. The molecule has 0 spiro atoms. The van der Waals surface area contributed by atoms with Crippen LogP contribution in [0.1, 0.15) is 11.1 Å². The van der Waals surface area contributed by atoms with Gasteiger partial charge in [0.2, 0.25) is 0 Å². The van der Waals surface area contributed by atoms with Crippen LogP contribution >= 0.6 is 11.6 Å². The Morgan fingerprint density at radius 1 is 0.944 bits per heavy atom. The molecule has 0 radical (unpaired) electrons. The third kappa shape index (κ3) is 2.43. The van der Waals surface area contributed by atoms with Crippen LogP contribution < -0.4 is 5.32 Å². The molecule has 2 rings (SSSR count). The predicted molar refractivity (Wildman–Crippen MR) is 70.6 cm³/mol. The van der Waals surface area contributed by atoms with Crippen molar-refractivity contribution in [1.82, 2.24) is 0 Å². The van der Waals surface area contributed by atoms with Gasteiger partial charge in [0, 0.05) is 0 Å². The van der Waals surface area contributed by atoms with Gasteiger partial charge >= 0.3 is 0 Å². The molecule has 0 heterocycles. The van der Waals surface area contributed by atoms with Gasteiger partial charge in [-0.3, -0.25) is 0 Å². The summed E-state index contributed by atoms with van der Waals surface area (Å²) in [6, 6.07) is 16.2. The van der Waals surface area contributed by atoms with E-state index in [1.54, 1.807) is 36.4 Å². The zero-order valence-electron chi connectivity index (χ0n) is 9.31. The predicted octanol–water partition coefficient (Wildman–Crippen LogP) is 3.83. The minimum atomic E-state index is 0.502. The first-order valence-electron chi connectivity index (χ1n) is 5.20. The number of para-hydroxylation sites is 1. The molecule has 0 amide bonds. The second-order valence-electron chi connectivity index (χ2n) is 3.59. The third-order valence-electron chi connectivity index (χ3n) is 2.41. The Balaban J connectivity index is 2.41. The third-order valence-corrected chi connectivity index (χ3v) is 2.74. The Labute approximate surface area is 110 Å². The van der Waals surface area contributed by atoms with Crippen molar-refractivity contribution in [1.29, 1.82) is 10.5 Å². The van der Waals surface area contributed by atoms with E-state index in [1.165, 1.54) is 0 Å². The Morgan fingerprint density at radius 3 is 2.44 bits per heavy atom. The van der Waals surface area contributed by atoms with Crippen LogP contribution in [-0.2, 0) is 0 Å². The lowest BCUT2D eigenvalue weighted by Crippen LogP contribution is -1.94. The molecule has 18 heavy (non-hydrogen) atoms. The SMILES string of the molecule is N#Cc1ccc(Cl)c(Nc2ccccc2C#N)c1. The number of nitrogens with one attached hydrogen (secondary N) is 1. The molecule has 0 aromatic heterocycles. The smallest absolute Gasteiger partial charge is 0.101 e. The summed E-state index contributed by atoms with van der Waals surface area (Å²) in [6.45, 7) is 0. The molecular weight excluding hydrogens is 246 g/mol. The van der Waals surface area contributed by atoms with E-state index in [0.29, 0.717) is 27.5 Å². The molecule has 0 aliphatic carbocycles. The highest BCUT2D eigenvalue weighted by molar-refractivity contribution is 6.33. The summed E-state index contributed by atoms with van der Waals surface area (Å²) in [4.78, 5) is 0. The van der Waals surface area contributed by atoms with E-state index < -0.39 is 0 Å². The Bertz CT molecular complexity index is 665. The van der Waals surface area contributed by atoms with Gasteiger partial charge in [-0.15, -0.1) is 0 Å². The van der Waals surface area contributed by atoms with Crippen molar-refractivity contribution in [3.8, 4) is 12.1 Å². The van der Waals surface area contributed by atoms with Crippen LogP contribution in [0, 0.1) is 22.7 Å². The average molecular weight is 254 g/mol. The normalized spacial score (nSPS) is 9.28. The van der Waals surface area contributed by atoms with Crippen LogP contribution in [0.25, 0.3) is 0 Å². The summed E-state index contributed by atoms with van der Waals surface area (Å²) in [6.07, 6.45) is 0. The lowest BCUT2D eigenvalue weighted by Gasteiger charge is -2.09. The van der Waals surface area contributed by atoms with Gasteiger partial charge in [0.05, 0.1) is 33.6 Å². The Kier molecular flexibility index (Phi) is 3.48. The van der Waals surface area contributed by atoms with Crippen LogP contribution in [0.4, 0.5) is 11.4 Å². The maximum Gasteiger partial charge on any atom is 0.101 e. The highest BCUT2D eigenvalue weighted by Crippen LogP contribution is 2.27. The number of halogens is 1. The molecule has 0 saturated heterocycles. The highest BCUT2D eigenvalue weighted by Gasteiger charge is 2.05. The molecule has 4 heteroatoms. The molecule has 86 valence electrons. The quantitative estimate of drug-likeness (QED) is 0.885. The summed E-state index contributed by atoms with van der Waals surface area (Å²) < 4.78 is 0. The molecule has 0 unspecified atom stereocenters. The van der Waals surface area contributed by atoms with Crippen molar-refractivity contribution in [3.05, 3.63) is 58.6 Å². The monoisotopic (exact) mass is 253 g/mol. The zero-order chi connectivity index (χ0) is 13.0. The summed E-state index contributed by atoms with van der Waals surface area (Å²) >= 11 is 6.04. The second-order valence-corrected chi connectivity index (χ2v) is 4.00. The number of hydrogen-bond donors (Lipinski definition) is 1. The first-order chi connectivity index (χ1) is 8.74. The molecule has 2 aromatic carbocycles. The maximum absolute atomic E-state index is 8.99. The minimum absolute atomic E-state index is 0.502. The molecule has 3 nitrogen and oxygen atoms in total. The topological polar surface area (TPSA) is 59.6 Å². The van der Waals surface area contributed by atoms with E-state index in [1.807, 2.05) is 12.1 Å². The van der Waals surface area contributed by atoms with Crippen molar-refractivity contribution in [2.75, 3.05) is 5.32 Å². The van der Waals surface area contributed by atoms with Crippen LogP contribution in [0.5, 0.6) is 0 Å². The first kappa shape index (κ1) is 12.0. The molecule has 0 aliphatic rings. The molecule has 1 N–H and O–H groups in total. The minimum Gasteiger partial charge on any atom is -0.353 e. The first-order valence-corrected chi connectivity index (χ1v) is 5.58. The van der Waals surface area contributed by atoms with Gasteiger partial charge in [0.1, 0.15) is 6.07 Å². The fourth-order valence-electron chi connectivity index (χ4n) is 1.53. The summed E-state index contributed by atoms with van der Waals surface area (Å²) in [5.74, 6) is 0. The van der Waals surface area contributed by atoms with Gasteiger partial charge in [-0.05, 0) is 30.3 Å². The number of anilines is 2. The lowest BCUT2D eigenvalue weighted by molar-refractivity contribution is 1.45. The van der Waals surface area contributed by atoms with Crippen molar-refractivity contribution >= 4 is 23.0 Å². The molecule has 0 aliphatic heterocycles. The largest absolute Gasteiger partial charge is 0.353 e. The van der Waals surface area contributed by atoms with Crippen molar-refractivity contribution in [2.24, 2.45) is 0 Å². The van der Waals surface area contributed by atoms with Gasteiger partial charge in [-0.1, -0.05) is 23.7 Å². The van der Waals surface area contributed by atoms with Gasteiger partial charge in [-0.2, -0.15) is 10.5 Å². The van der Waals surface area contributed by atoms with E-state index in [2.05, 4.69) is 11.4 Å². The number of hydrogen-bond acceptors (Lipinski definition) is 3. The average Bonchev–Trinajstić information content (AvgIpc) is 2.42. The lowest BCUT2D eigenvalue weighted by atomic mass is 10.1. The summed E-state index contributed by atoms with van der Waals surface area (Å²) in [5, 5.41) is 21.4. The molecule has 0 atom stereocenters. The van der Waals surface area contributed by atoms with Crippen LogP contribution in [-0.4, -0.2) is 0 Å². The fraction of sp³-hybridized carbons (Fsp3) is 0. The molecule has 0 saturated carbocycles. The second kappa shape index (κ2) is 5.23. The van der Waals surface area contributed by atoms with Gasteiger partial charge in [-0.25, -0.2) is 0 Å². The van der Waals surface area contributed by atoms with Crippen LogP contribution in [0.2, 0.25) is 5.02 Å². The number of nitriles is 2. The van der Waals surface area contributed by atoms with Gasteiger partial charge in [0.25, 0.3) is 0 Å². The highest BCUT2D eigenvalue weighted by atomic mass is 35.5. The van der Waals surface area contributed by atoms with E-state index in [4.69, 9.17) is 22.1 Å². The maximum atomic E-state index is 8.99. The van der Waals surface area contributed by atoms with Crippen molar-refractivity contribution in [2.45, 2.75) is 0 Å². The molecule has 0 fully saturated rings. The summed E-state index contributed by atoms with van der Waals surface area (Å²) in [7, 11) is 0. The molecular formula is C14H8ClN3. The zero-order valence-corrected chi connectivity index (χ0v) is 10.1. The number of nitrogens with zero attached hydrogens (tertiary/aromatic N) is 2. The van der Waals surface area contributed by atoms with Crippen LogP contribution in [0.3, 0.4) is 0 Å². The fourth-order valence-corrected chi connectivity index (χ4v) is 1.69. The Morgan fingerprint density at radius 2 is 1.72 bits per heavy atom. The molecule has 0 bridgehead atoms. The van der Waals surface area contributed by atoms with Crippen molar-refractivity contribution in [3.63, 3.8) is 0 Å². The van der Waals surface area contributed by atoms with Gasteiger partial charge in [0.15, 0.2) is 0 Å².